The van der Waals surface area contributed by atoms with Crippen LogP contribution in [0.15, 0.2) is 18.2 Å². The minimum Gasteiger partial charge on any atom is -0.481 e. The molecule has 0 radical (unpaired) electrons. The lowest BCUT2D eigenvalue weighted by molar-refractivity contribution is -0.136. The van der Waals surface area contributed by atoms with Crippen molar-refractivity contribution in [2.75, 3.05) is 11.9 Å². The normalized spacial score (nSPS) is 11.0. The first-order chi connectivity index (χ1) is 10.0. The standard InChI is InChI=1S/C12H11N5O4/c18-9(19)3-4-13-11-15-12-14-7-5-6(10(20)21)1-2-8(7)17(12)16-11/h1-2,5H,3-4H2,(H,18,19)(H,20,21)(H2,13,14,15,16). The molecule has 2 aromatic heterocycles. The first kappa shape index (κ1) is 12.9. The summed E-state index contributed by atoms with van der Waals surface area (Å²) in [5.74, 6) is -1.13. The number of anilines is 1. The van der Waals surface area contributed by atoms with Crippen LogP contribution in [-0.4, -0.2) is 48.3 Å². The molecule has 0 bridgehead atoms. The van der Waals surface area contributed by atoms with Crippen molar-refractivity contribution >= 4 is 34.7 Å². The summed E-state index contributed by atoms with van der Waals surface area (Å²) in [6.45, 7) is 0.243. The fourth-order valence-corrected chi connectivity index (χ4v) is 1.98. The number of aromatic nitrogens is 4. The first-order valence-corrected chi connectivity index (χ1v) is 6.12. The number of carboxylic acid groups (broad SMARTS) is 2. The van der Waals surface area contributed by atoms with Gasteiger partial charge in [0.05, 0.1) is 23.0 Å². The molecule has 108 valence electrons. The van der Waals surface area contributed by atoms with Gasteiger partial charge in [0.1, 0.15) is 0 Å². The van der Waals surface area contributed by atoms with Gasteiger partial charge >= 0.3 is 11.9 Å². The van der Waals surface area contributed by atoms with Gasteiger partial charge in [0.2, 0.25) is 5.95 Å². The Morgan fingerprint density at radius 2 is 2.10 bits per heavy atom. The van der Waals surface area contributed by atoms with E-state index in [2.05, 4.69) is 20.4 Å². The molecule has 0 saturated heterocycles. The molecule has 9 nitrogen and oxygen atoms in total. The van der Waals surface area contributed by atoms with E-state index in [0.29, 0.717) is 22.8 Å². The molecular weight excluding hydrogens is 278 g/mol. The van der Waals surface area contributed by atoms with Gasteiger partial charge in [-0.2, -0.15) is 4.98 Å². The van der Waals surface area contributed by atoms with Crippen LogP contribution in [0.2, 0.25) is 0 Å². The van der Waals surface area contributed by atoms with Gasteiger partial charge in [-0.3, -0.25) is 9.89 Å². The highest BCUT2D eigenvalue weighted by Gasteiger charge is 2.12. The van der Waals surface area contributed by atoms with E-state index in [1.807, 2.05) is 0 Å². The third-order valence-electron chi connectivity index (χ3n) is 2.94. The Morgan fingerprint density at radius 1 is 1.29 bits per heavy atom. The summed E-state index contributed by atoms with van der Waals surface area (Å²) in [5.41, 5.74) is 1.36. The van der Waals surface area contributed by atoms with Crippen LogP contribution in [0.3, 0.4) is 0 Å². The van der Waals surface area contributed by atoms with Gasteiger partial charge in [-0.1, -0.05) is 0 Å². The molecule has 0 atom stereocenters. The van der Waals surface area contributed by atoms with E-state index in [1.165, 1.54) is 12.1 Å². The smallest absolute Gasteiger partial charge is 0.335 e. The topological polar surface area (TPSA) is 133 Å². The van der Waals surface area contributed by atoms with Crippen molar-refractivity contribution in [3.05, 3.63) is 23.8 Å². The van der Waals surface area contributed by atoms with Crippen molar-refractivity contribution in [1.82, 2.24) is 19.6 Å². The number of benzene rings is 1. The Hall–Kier alpha value is -3.10. The second kappa shape index (κ2) is 4.78. The van der Waals surface area contributed by atoms with Crippen molar-refractivity contribution in [2.45, 2.75) is 6.42 Å². The molecule has 2 heterocycles. The molecule has 0 spiro atoms. The summed E-state index contributed by atoms with van der Waals surface area (Å²) < 4.78 is 1.60. The molecule has 0 unspecified atom stereocenters. The summed E-state index contributed by atoms with van der Waals surface area (Å²) in [6, 6.07) is 4.59. The van der Waals surface area contributed by atoms with E-state index in [0.717, 1.165) is 0 Å². The Kier molecular flexibility index (Phi) is 2.94. The predicted octanol–water partition coefficient (Wildman–Crippen LogP) is 0.795. The van der Waals surface area contributed by atoms with Crippen LogP contribution >= 0.6 is 0 Å². The lowest BCUT2D eigenvalue weighted by Gasteiger charge is -1.98. The van der Waals surface area contributed by atoms with Gasteiger partial charge in [-0.05, 0) is 18.2 Å². The molecule has 1 aromatic carbocycles. The number of aromatic carboxylic acids is 1. The van der Waals surface area contributed by atoms with Crippen LogP contribution in [0.4, 0.5) is 5.95 Å². The number of hydrogen-bond donors (Lipinski definition) is 4. The van der Waals surface area contributed by atoms with Gasteiger partial charge < -0.3 is 15.5 Å². The van der Waals surface area contributed by atoms with Crippen molar-refractivity contribution in [3.63, 3.8) is 0 Å². The number of hydrogen-bond acceptors (Lipinski definition) is 5. The number of carboxylic acids is 2. The molecule has 0 amide bonds. The third-order valence-corrected chi connectivity index (χ3v) is 2.94. The zero-order valence-corrected chi connectivity index (χ0v) is 10.7. The van der Waals surface area contributed by atoms with Crippen molar-refractivity contribution in [1.29, 1.82) is 0 Å². The van der Waals surface area contributed by atoms with Crippen molar-refractivity contribution in [2.24, 2.45) is 0 Å². The number of aliphatic carboxylic acids is 1. The van der Waals surface area contributed by atoms with Crippen LogP contribution in [0.25, 0.3) is 16.8 Å². The maximum Gasteiger partial charge on any atom is 0.335 e. The second-order valence-electron chi connectivity index (χ2n) is 4.40. The minimum absolute atomic E-state index is 0.0221. The highest BCUT2D eigenvalue weighted by molar-refractivity contribution is 5.93. The summed E-state index contributed by atoms with van der Waals surface area (Å²) in [4.78, 5) is 29.7. The Labute approximate surface area is 117 Å². The van der Waals surface area contributed by atoms with E-state index in [4.69, 9.17) is 10.2 Å². The minimum atomic E-state index is -1.02. The SMILES string of the molecule is O=C(O)CCNc1nc2nc3cc(C(=O)O)ccc3n2[nH]1. The van der Waals surface area contributed by atoms with E-state index in [1.54, 1.807) is 10.6 Å². The number of aromatic amines is 1. The molecule has 3 aromatic rings. The number of imidazole rings is 1. The summed E-state index contributed by atoms with van der Waals surface area (Å²) in [5, 5.41) is 23.3. The lowest BCUT2D eigenvalue weighted by atomic mass is 10.2. The molecule has 0 aliphatic rings. The van der Waals surface area contributed by atoms with Gasteiger partial charge in [0.15, 0.2) is 0 Å². The van der Waals surface area contributed by atoms with Crippen molar-refractivity contribution in [3.8, 4) is 0 Å². The van der Waals surface area contributed by atoms with Gasteiger partial charge in [-0.15, -0.1) is 0 Å². The fourth-order valence-electron chi connectivity index (χ4n) is 1.98. The molecule has 9 heteroatoms. The highest BCUT2D eigenvalue weighted by Crippen LogP contribution is 2.18. The zero-order valence-electron chi connectivity index (χ0n) is 10.7. The number of rotatable bonds is 5. The van der Waals surface area contributed by atoms with Gasteiger partial charge in [0, 0.05) is 6.54 Å². The molecule has 0 fully saturated rings. The Balaban J connectivity index is 1.92. The van der Waals surface area contributed by atoms with Crippen LogP contribution in [0.1, 0.15) is 16.8 Å². The van der Waals surface area contributed by atoms with Crippen molar-refractivity contribution < 1.29 is 19.8 Å². The second-order valence-corrected chi connectivity index (χ2v) is 4.40. The average Bonchev–Trinajstić information content (AvgIpc) is 2.94. The van der Waals surface area contributed by atoms with Crippen LogP contribution < -0.4 is 5.32 Å². The average molecular weight is 289 g/mol. The van der Waals surface area contributed by atoms with E-state index >= 15 is 0 Å². The van der Waals surface area contributed by atoms with Crippen LogP contribution in [0, 0.1) is 0 Å². The quantitative estimate of drug-likeness (QED) is 0.546. The summed E-state index contributed by atoms with van der Waals surface area (Å²) in [6.07, 6.45) is -0.0221. The highest BCUT2D eigenvalue weighted by atomic mass is 16.4. The fraction of sp³-hybridized carbons (Fsp3) is 0.167. The largest absolute Gasteiger partial charge is 0.481 e. The zero-order chi connectivity index (χ0) is 15.0. The van der Waals surface area contributed by atoms with Gasteiger partial charge in [-0.25, -0.2) is 14.3 Å². The van der Waals surface area contributed by atoms with E-state index < -0.39 is 11.9 Å². The lowest BCUT2D eigenvalue weighted by Crippen LogP contribution is -2.08. The first-order valence-electron chi connectivity index (χ1n) is 6.12. The molecule has 0 saturated carbocycles. The van der Waals surface area contributed by atoms with E-state index in [-0.39, 0.29) is 18.5 Å². The molecule has 0 aliphatic carbocycles. The van der Waals surface area contributed by atoms with Crippen LogP contribution in [0.5, 0.6) is 0 Å². The third kappa shape index (κ3) is 2.36. The number of H-pyrrole nitrogens is 1. The van der Waals surface area contributed by atoms with Gasteiger partial charge in [0.25, 0.3) is 5.78 Å². The number of fused-ring (bicyclic) bond motifs is 3. The maximum absolute atomic E-state index is 10.9. The Bertz CT molecular complexity index is 850. The summed E-state index contributed by atoms with van der Waals surface area (Å²) >= 11 is 0. The van der Waals surface area contributed by atoms with E-state index in [9.17, 15) is 9.59 Å². The number of carbonyl (C=O) groups is 2. The summed E-state index contributed by atoms with van der Waals surface area (Å²) in [7, 11) is 0. The predicted molar refractivity (Wildman–Crippen MR) is 72.5 cm³/mol. The maximum atomic E-state index is 10.9. The molecule has 4 N–H and O–H groups in total. The Morgan fingerprint density at radius 3 is 2.81 bits per heavy atom. The molecule has 21 heavy (non-hydrogen) atoms. The monoisotopic (exact) mass is 289 g/mol. The molecule has 0 aliphatic heterocycles. The molecule has 3 rings (SSSR count). The number of nitrogens with one attached hydrogen (secondary N) is 2. The van der Waals surface area contributed by atoms with Crippen LogP contribution in [-0.2, 0) is 4.79 Å². The number of nitrogens with zero attached hydrogens (tertiary/aromatic N) is 3. The molecular formula is C12H11N5O4.